The van der Waals surface area contributed by atoms with E-state index in [2.05, 4.69) is 6.92 Å². The molecule has 1 rings (SSSR count). The molecule has 1 aliphatic rings. The van der Waals surface area contributed by atoms with Crippen molar-refractivity contribution in [2.45, 2.75) is 79.2 Å². The lowest BCUT2D eigenvalue weighted by Gasteiger charge is -2.29. The lowest BCUT2D eigenvalue weighted by molar-refractivity contribution is -0.0377. The predicted octanol–water partition coefficient (Wildman–Crippen LogP) is 7.32. The van der Waals surface area contributed by atoms with Crippen LogP contribution in [-0.4, -0.2) is 26.4 Å². The van der Waals surface area contributed by atoms with Crippen LogP contribution in [-0.2, 0) is 14.2 Å². The van der Waals surface area contributed by atoms with E-state index < -0.39 is 11.7 Å². The monoisotopic (exact) mass is 412 g/mol. The van der Waals surface area contributed by atoms with Crippen LogP contribution in [0.1, 0.15) is 73.1 Å². The molecule has 3 nitrogen and oxygen atoms in total. The first kappa shape index (κ1) is 25.4. The summed E-state index contributed by atoms with van der Waals surface area (Å²) in [6.45, 7) is 10.4. The minimum Gasteiger partial charge on any atom is -0.498 e. The molecule has 0 amide bonds. The van der Waals surface area contributed by atoms with Gasteiger partial charge in [-0.2, -0.15) is 0 Å². The molecule has 0 saturated carbocycles. The van der Waals surface area contributed by atoms with Gasteiger partial charge in [-0.25, -0.2) is 8.78 Å². The summed E-state index contributed by atoms with van der Waals surface area (Å²) in [5, 5.41) is 0. The van der Waals surface area contributed by atoms with E-state index in [9.17, 15) is 8.78 Å². The number of rotatable bonds is 11. The summed E-state index contributed by atoms with van der Waals surface area (Å²) in [6, 6.07) is 0. The van der Waals surface area contributed by atoms with Gasteiger partial charge in [0.25, 0.3) is 0 Å². The highest BCUT2D eigenvalue weighted by Crippen LogP contribution is 2.28. The Kier molecular flexibility index (Phi) is 11.9. The van der Waals surface area contributed by atoms with E-state index in [1.54, 1.807) is 26.0 Å². The summed E-state index contributed by atoms with van der Waals surface area (Å²) in [7, 11) is 1.32. The van der Waals surface area contributed by atoms with Crippen molar-refractivity contribution >= 4 is 0 Å². The first-order chi connectivity index (χ1) is 13.8. The fourth-order valence-corrected chi connectivity index (χ4v) is 3.28. The maximum Gasteiger partial charge on any atom is 0.196 e. The number of ether oxygens (including phenoxy) is 3. The minimum atomic E-state index is -0.955. The molecule has 29 heavy (non-hydrogen) atoms. The highest BCUT2D eigenvalue weighted by Gasteiger charge is 2.21. The molecule has 0 N–H and O–H groups in total. The van der Waals surface area contributed by atoms with Gasteiger partial charge in [0.05, 0.1) is 32.2 Å². The molecule has 0 bridgehead atoms. The van der Waals surface area contributed by atoms with Gasteiger partial charge in [-0.1, -0.05) is 32.8 Å². The molecular formula is C24H38F2O3. The quantitative estimate of drug-likeness (QED) is 0.263. The highest BCUT2D eigenvalue weighted by atomic mass is 19.2. The third kappa shape index (κ3) is 8.73. The first-order valence-corrected chi connectivity index (χ1v) is 10.7. The van der Waals surface area contributed by atoms with Crippen molar-refractivity contribution < 1.29 is 23.0 Å². The van der Waals surface area contributed by atoms with Crippen molar-refractivity contribution in [3.8, 4) is 0 Å². The smallest absolute Gasteiger partial charge is 0.196 e. The van der Waals surface area contributed by atoms with Crippen LogP contribution in [0.2, 0.25) is 0 Å². The Morgan fingerprint density at radius 1 is 1.07 bits per heavy atom. The highest BCUT2D eigenvalue weighted by molar-refractivity contribution is 5.40. The molecule has 5 heteroatoms. The number of hydrogen-bond acceptors (Lipinski definition) is 3. The van der Waals surface area contributed by atoms with Crippen LogP contribution in [0, 0.1) is 5.92 Å². The molecule has 1 saturated heterocycles. The van der Waals surface area contributed by atoms with E-state index in [1.807, 2.05) is 6.92 Å². The van der Waals surface area contributed by atoms with E-state index >= 15 is 0 Å². The van der Waals surface area contributed by atoms with Crippen LogP contribution in [0.15, 0.2) is 46.5 Å². The first-order valence-electron chi connectivity index (χ1n) is 10.7. The Balaban J connectivity index is 2.63. The summed E-state index contributed by atoms with van der Waals surface area (Å²) in [5.74, 6) is -0.741. The second kappa shape index (κ2) is 13.6. The van der Waals surface area contributed by atoms with E-state index in [1.165, 1.54) is 26.9 Å². The van der Waals surface area contributed by atoms with E-state index in [0.29, 0.717) is 36.2 Å². The Hall–Kier alpha value is -1.62. The van der Waals surface area contributed by atoms with E-state index in [0.717, 1.165) is 31.6 Å². The molecule has 166 valence electrons. The average Bonchev–Trinajstić information content (AvgIpc) is 2.74. The SMILES string of the molecule is CCCCC1CCC(CO/C(C)=C/C=C(C)/C(CC)=C(F)/C(F)=C(\C)OC)CO1. The fraction of sp³-hybridized carbons (Fsp3) is 0.667. The van der Waals surface area contributed by atoms with Gasteiger partial charge in [-0.3, -0.25) is 0 Å². The van der Waals surface area contributed by atoms with Crippen molar-refractivity contribution in [1.29, 1.82) is 0 Å². The maximum absolute atomic E-state index is 14.4. The van der Waals surface area contributed by atoms with Gasteiger partial charge in [0, 0.05) is 5.92 Å². The lowest BCUT2D eigenvalue weighted by atomic mass is 9.96. The van der Waals surface area contributed by atoms with Gasteiger partial charge >= 0.3 is 0 Å². The zero-order valence-electron chi connectivity index (χ0n) is 18.9. The Morgan fingerprint density at radius 3 is 2.34 bits per heavy atom. The largest absolute Gasteiger partial charge is 0.498 e. The van der Waals surface area contributed by atoms with Gasteiger partial charge < -0.3 is 14.2 Å². The number of allylic oxidation sites excluding steroid dienone is 8. The van der Waals surface area contributed by atoms with Crippen molar-refractivity contribution in [1.82, 2.24) is 0 Å². The van der Waals surface area contributed by atoms with Gasteiger partial charge in [-0.05, 0) is 63.7 Å². The molecule has 1 aliphatic heterocycles. The molecule has 0 aliphatic carbocycles. The number of hydrogen-bond donors (Lipinski definition) is 0. The second-order valence-electron chi connectivity index (χ2n) is 7.70. The van der Waals surface area contributed by atoms with Crippen LogP contribution in [0.5, 0.6) is 0 Å². The third-order valence-electron chi connectivity index (χ3n) is 5.36. The minimum absolute atomic E-state index is 0.0667. The van der Waals surface area contributed by atoms with Gasteiger partial charge in [0.1, 0.15) is 5.76 Å². The average molecular weight is 413 g/mol. The second-order valence-corrected chi connectivity index (χ2v) is 7.70. The van der Waals surface area contributed by atoms with E-state index in [-0.39, 0.29) is 5.76 Å². The summed E-state index contributed by atoms with van der Waals surface area (Å²) in [4.78, 5) is 0. The standard InChI is InChI=1S/C24H38F2O3/c1-7-9-10-21-14-13-20(16-29-21)15-28-18(4)12-11-17(3)22(8-2)24(26)23(25)19(5)27-6/h11-12,20-21H,7-10,13-16H2,1-6H3/b17-11+,18-12+,23-19-,24-22-. The Labute approximate surface area is 175 Å². The number of unbranched alkanes of at least 4 members (excludes halogenated alkanes) is 1. The molecule has 0 aromatic rings. The van der Waals surface area contributed by atoms with Crippen LogP contribution < -0.4 is 0 Å². The van der Waals surface area contributed by atoms with E-state index in [4.69, 9.17) is 14.2 Å². The molecule has 0 radical (unpaired) electrons. The fourth-order valence-electron chi connectivity index (χ4n) is 3.28. The Morgan fingerprint density at radius 2 is 1.79 bits per heavy atom. The van der Waals surface area contributed by atoms with Crippen molar-refractivity contribution in [2.75, 3.05) is 20.3 Å². The molecule has 0 spiro atoms. The molecule has 1 heterocycles. The molecule has 2 unspecified atom stereocenters. The van der Waals surface area contributed by atoms with Crippen LogP contribution >= 0.6 is 0 Å². The van der Waals surface area contributed by atoms with Crippen LogP contribution in [0.25, 0.3) is 0 Å². The molecule has 1 fully saturated rings. The number of halogens is 2. The number of methoxy groups -OCH3 is 1. The van der Waals surface area contributed by atoms with Gasteiger partial charge in [0.15, 0.2) is 11.7 Å². The molecule has 0 aromatic heterocycles. The van der Waals surface area contributed by atoms with Crippen molar-refractivity contribution in [3.63, 3.8) is 0 Å². The normalized spacial score (nSPS) is 22.8. The molecular weight excluding hydrogens is 374 g/mol. The van der Waals surface area contributed by atoms with Crippen molar-refractivity contribution in [3.05, 3.63) is 46.5 Å². The third-order valence-corrected chi connectivity index (χ3v) is 5.36. The summed E-state index contributed by atoms with van der Waals surface area (Å²) >= 11 is 0. The topological polar surface area (TPSA) is 27.7 Å². The van der Waals surface area contributed by atoms with Gasteiger partial charge in [-0.15, -0.1) is 0 Å². The Bertz CT molecular complexity index is 624. The lowest BCUT2D eigenvalue weighted by Crippen LogP contribution is -2.28. The van der Waals surface area contributed by atoms with Crippen LogP contribution in [0.3, 0.4) is 0 Å². The van der Waals surface area contributed by atoms with Crippen molar-refractivity contribution in [2.24, 2.45) is 5.92 Å². The molecule has 0 aromatic carbocycles. The summed E-state index contributed by atoms with van der Waals surface area (Å²) in [6.07, 6.45) is 10.1. The predicted molar refractivity (Wildman–Crippen MR) is 115 cm³/mol. The summed E-state index contributed by atoms with van der Waals surface area (Å²) < 4.78 is 45.1. The zero-order chi connectivity index (χ0) is 21.8. The summed E-state index contributed by atoms with van der Waals surface area (Å²) in [5.41, 5.74) is 0.980. The maximum atomic E-state index is 14.4. The zero-order valence-corrected chi connectivity index (χ0v) is 18.9. The van der Waals surface area contributed by atoms with Gasteiger partial charge in [0.2, 0.25) is 0 Å². The molecule has 2 atom stereocenters. The van der Waals surface area contributed by atoms with Crippen LogP contribution in [0.4, 0.5) is 8.78 Å².